The van der Waals surface area contributed by atoms with Gasteiger partial charge in [0.1, 0.15) is 0 Å². The third kappa shape index (κ3) is 5.75. The van der Waals surface area contributed by atoms with Crippen LogP contribution in [0.3, 0.4) is 0 Å². The Morgan fingerprint density at radius 1 is 0.769 bits per heavy atom. The van der Waals surface area contributed by atoms with Gasteiger partial charge in [-0.3, -0.25) is 9.59 Å². The first-order chi connectivity index (χ1) is 18.1. The van der Waals surface area contributed by atoms with Crippen molar-refractivity contribution in [3.05, 3.63) is 69.8 Å². The molecule has 0 unspecified atom stereocenters. The molecule has 205 valence electrons. The van der Waals surface area contributed by atoms with E-state index in [9.17, 15) is 19.8 Å². The normalized spacial score (nSPS) is 12.8. The van der Waals surface area contributed by atoms with Gasteiger partial charge >= 0.3 is 11.9 Å². The van der Waals surface area contributed by atoms with Crippen molar-refractivity contribution < 1.29 is 36.9 Å². The van der Waals surface area contributed by atoms with Crippen LogP contribution in [0.25, 0.3) is 44.9 Å². The molecular formula is C30H30CuN4O4. The molecule has 0 aliphatic carbocycles. The smallest absolute Gasteiger partial charge is 0.303 e. The van der Waals surface area contributed by atoms with Gasteiger partial charge in [-0.05, 0) is 110 Å². The Labute approximate surface area is 236 Å². The zero-order valence-electron chi connectivity index (χ0n) is 22.2. The second-order valence-electron chi connectivity index (χ2n) is 9.98. The summed E-state index contributed by atoms with van der Waals surface area (Å²) in [4.78, 5) is 39.5. The molecule has 0 saturated heterocycles. The van der Waals surface area contributed by atoms with Gasteiger partial charge in [0.15, 0.2) is 0 Å². The van der Waals surface area contributed by atoms with Crippen molar-refractivity contribution in [3.8, 4) is 0 Å². The summed E-state index contributed by atoms with van der Waals surface area (Å²) in [5.41, 5.74) is 12.4. The standard InChI is InChI=1S/C30H30N4O4.Cu/c1-15-9-20-12-25-17(3)21(5-7-29(35)36)27(33-25)14-28-22(6-8-30(37)38)18(4)26(34-28)13-24-16(2)10-19(32-24)11-23(15)31-20;/h9-14,31,34H,5-8H2,1-4H3,(H,35,36)(H,37,38);. The molecule has 9 heteroatoms. The minimum absolute atomic E-state index is 0. The van der Waals surface area contributed by atoms with E-state index in [4.69, 9.17) is 9.97 Å². The van der Waals surface area contributed by atoms with E-state index in [1.54, 1.807) is 0 Å². The van der Waals surface area contributed by atoms with Gasteiger partial charge in [-0.25, -0.2) is 9.97 Å². The first-order valence-corrected chi connectivity index (χ1v) is 12.6. The van der Waals surface area contributed by atoms with Crippen LogP contribution in [0.4, 0.5) is 0 Å². The first kappa shape index (κ1) is 28.1. The number of aliphatic carboxylic acids is 2. The fourth-order valence-corrected chi connectivity index (χ4v) is 5.11. The zero-order valence-corrected chi connectivity index (χ0v) is 23.1. The molecule has 4 N–H and O–H groups in total. The fraction of sp³-hybridized carbons (Fsp3) is 0.267. The summed E-state index contributed by atoms with van der Waals surface area (Å²) in [6.45, 7) is 8.01. The van der Waals surface area contributed by atoms with Crippen molar-refractivity contribution in [1.82, 2.24) is 19.9 Å². The topological polar surface area (TPSA) is 132 Å². The molecule has 2 aliphatic heterocycles. The number of aryl methyl sites for hydroxylation is 3. The number of hydrogen-bond donors (Lipinski definition) is 4. The molecule has 0 saturated carbocycles. The third-order valence-electron chi connectivity index (χ3n) is 7.26. The second-order valence-corrected chi connectivity index (χ2v) is 9.98. The number of rotatable bonds is 6. The molecular weight excluding hydrogens is 544 g/mol. The molecule has 8 bridgehead atoms. The summed E-state index contributed by atoms with van der Waals surface area (Å²) in [6, 6.07) is 9.98. The number of carbonyl (C=O) groups is 2. The van der Waals surface area contributed by atoms with Crippen LogP contribution < -0.4 is 0 Å². The van der Waals surface area contributed by atoms with Crippen molar-refractivity contribution >= 4 is 56.8 Å². The third-order valence-corrected chi connectivity index (χ3v) is 7.26. The van der Waals surface area contributed by atoms with E-state index < -0.39 is 11.9 Å². The van der Waals surface area contributed by atoms with Gasteiger partial charge in [-0.2, -0.15) is 0 Å². The van der Waals surface area contributed by atoms with Crippen LogP contribution in [-0.2, 0) is 33.1 Å². The minimum Gasteiger partial charge on any atom is -0.481 e. The number of nitrogens with zero attached hydrogens (tertiary/aromatic N) is 2. The quantitative estimate of drug-likeness (QED) is 0.256. The van der Waals surface area contributed by atoms with Gasteiger partial charge in [-0.1, -0.05) is 0 Å². The maximum atomic E-state index is 11.4. The van der Waals surface area contributed by atoms with Gasteiger partial charge in [-0.15, -0.1) is 0 Å². The van der Waals surface area contributed by atoms with E-state index >= 15 is 0 Å². The average molecular weight is 574 g/mol. The van der Waals surface area contributed by atoms with E-state index in [1.807, 2.05) is 58.0 Å². The molecule has 5 heterocycles. The monoisotopic (exact) mass is 573 g/mol. The molecule has 3 aromatic rings. The number of hydrogen-bond acceptors (Lipinski definition) is 4. The molecule has 2 aliphatic rings. The zero-order chi connectivity index (χ0) is 27.1. The number of carboxylic acids is 2. The van der Waals surface area contributed by atoms with Gasteiger partial charge in [0, 0.05) is 52.0 Å². The molecule has 8 nitrogen and oxygen atoms in total. The van der Waals surface area contributed by atoms with Crippen molar-refractivity contribution in [2.75, 3.05) is 0 Å². The largest absolute Gasteiger partial charge is 0.481 e. The molecule has 5 rings (SSSR count). The predicted octanol–water partition coefficient (Wildman–Crippen LogP) is 6.30. The Bertz CT molecular complexity index is 1730. The van der Waals surface area contributed by atoms with E-state index in [-0.39, 0.29) is 29.9 Å². The Hall–Kier alpha value is -3.94. The molecule has 0 spiro atoms. The number of H-pyrrole nitrogens is 2. The Balaban J connectivity index is 0.00000353. The van der Waals surface area contributed by atoms with Crippen LogP contribution in [0.2, 0.25) is 0 Å². The van der Waals surface area contributed by atoms with E-state index in [1.165, 1.54) is 0 Å². The van der Waals surface area contributed by atoms with Gasteiger partial charge < -0.3 is 20.2 Å². The minimum atomic E-state index is -0.868. The number of allylic oxidation sites excluding steroid dienone is 3. The van der Waals surface area contributed by atoms with Crippen molar-refractivity contribution in [1.29, 1.82) is 0 Å². The number of fused-ring (bicyclic) bond motifs is 8. The molecule has 0 amide bonds. The van der Waals surface area contributed by atoms with Gasteiger partial charge in [0.05, 0.1) is 22.8 Å². The van der Waals surface area contributed by atoms with E-state index in [0.717, 1.165) is 72.6 Å². The van der Waals surface area contributed by atoms with Gasteiger partial charge in [0.25, 0.3) is 0 Å². The Morgan fingerprint density at radius 3 is 2.18 bits per heavy atom. The van der Waals surface area contributed by atoms with E-state index in [2.05, 4.69) is 16.0 Å². The van der Waals surface area contributed by atoms with Crippen LogP contribution >= 0.6 is 0 Å². The summed E-state index contributed by atoms with van der Waals surface area (Å²) in [5.74, 6) is -1.73. The van der Waals surface area contributed by atoms with Crippen LogP contribution in [0, 0.1) is 13.8 Å². The number of nitrogens with one attached hydrogen (secondary N) is 2. The van der Waals surface area contributed by atoms with Gasteiger partial charge in [0.2, 0.25) is 0 Å². The number of aromatic amines is 2. The average Bonchev–Trinajstić information content (AvgIpc) is 3.53. The van der Waals surface area contributed by atoms with Crippen molar-refractivity contribution in [2.45, 2.75) is 53.4 Å². The fourth-order valence-electron chi connectivity index (χ4n) is 5.11. The van der Waals surface area contributed by atoms with Crippen LogP contribution in [0.15, 0.2) is 30.3 Å². The van der Waals surface area contributed by atoms with Crippen LogP contribution in [0.5, 0.6) is 0 Å². The van der Waals surface area contributed by atoms with Crippen molar-refractivity contribution in [3.63, 3.8) is 0 Å². The predicted molar refractivity (Wildman–Crippen MR) is 149 cm³/mol. The maximum Gasteiger partial charge on any atom is 0.303 e. The summed E-state index contributed by atoms with van der Waals surface area (Å²) >= 11 is 0. The van der Waals surface area contributed by atoms with E-state index in [0.29, 0.717) is 18.5 Å². The molecule has 0 fully saturated rings. The first-order valence-electron chi connectivity index (χ1n) is 12.6. The summed E-state index contributed by atoms with van der Waals surface area (Å²) in [6.07, 6.45) is 2.74. The number of aromatic nitrogens is 4. The molecule has 39 heavy (non-hydrogen) atoms. The Morgan fingerprint density at radius 2 is 1.46 bits per heavy atom. The van der Waals surface area contributed by atoms with Crippen LogP contribution in [-0.4, -0.2) is 42.1 Å². The summed E-state index contributed by atoms with van der Waals surface area (Å²) in [5, 5.41) is 18.7. The second kappa shape index (κ2) is 11.0. The molecule has 1 radical (unpaired) electrons. The molecule has 0 aromatic carbocycles. The molecule has 0 atom stereocenters. The van der Waals surface area contributed by atoms with Crippen LogP contribution in [0.1, 0.15) is 72.6 Å². The maximum absolute atomic E-state index is 11.4. The summed E-state index contributed by atoms with van der Waals surface area (Å²) in [7, 11) is 0. The summed E-state index contributed by atoms with van der Waals surface area (Å²) < 4.78 is 0. The SMILES string of the molecule is CC1=Cc2cc3[nH]c(cc4nc(cc5[nH]c(cc1n2)c(C)c5CCC(=O)O)C(CCC(=O)O)=C4C)cc3C.[Cu]. The van der Waals surface area contributed by atoms with Crippen molar-refractivity contribution in [2.24, 2.45) is 0 Å². The number of carboxylic acid groups (broad SMARTS) is 2. The molecule has 3 aromatic heterocycles. The Kier molecular flexibility index (Phi) is 7.95.